The van der Waals surface area contributed by atoms with Crippen molar-refractivity contribution in [2.24, 2.45) is 11.8 Å². The van der Waals surface area contributed by atoms with Crippen molar-refractivity contribution < 1.29 is 28.6 Å². The van der Waals surface area contributed by atoms with Crippen molar-refractivity contribution >= 4 is 17.7 Å². The molecule has 0 amide bonds. The topological polar surface area (TPSA) is 90.9 Å². The van der Waals surface area contributed by atoms with Gasteiger partial charge in [-0.2, -0.15) is 0 Å². The number of rotatable bonds is 5. The number of ketones is 1. The van der Waals surface area contributed by atoms with E-state index in [-0.39, 0.29) is 17.8 Å². The molecule has 1 heterocycles. The molecule has 0 aromatic heterocycles. The molecule has 3 atom stereocenters. The molecule has 1 aliphatic heterocycles. The zero-order valence-corrected chi connectivity index (χ0v) is 21.0. The Labute approximate surface area is 206 Å². The number of hydrogen-bond donors (Lipinski definition) is 1. The van der Waals surface area contributed by atoms with Crippen molar-refractivity contribution in [3.63, 3.8) is 0 Å². The second-order valence-electron chi connectivity index (χ2n) is 9.83. The molecule has 1 aromatic carbocycles. The molecule has 1 aromatic rings. The summed E-state index contributed by atoms with van der Waals surface area (Å²) in [6.45, 7) is 3.72. The zero-order chi connectivity index (χ0) is 25.1. The van der Waals surface area contributed by atoms with Crippen molar-refractivity contribution in [2.75, 3.05) is 14.2 Å². The SMILES string of the molecule is COC(=O)[C@@H]1C(=O)C2=C(C[C@H]1C)NC(C)=C(C(=O)OC1CCCCCC1)[C@H]2c1cccc(OC)c1. The van der Waals surface area contributed by atoms with E-state index in [1.165, 1.54) is 7.11 Å². The summed E-state index contributed by atoms with van der Waals surface area (Å²) in [6, 6.07) is 7.38. The summed E-state index contributed by atoms with van der Waals surface area (Å²) in [5.41, 5.74) is 3.01. The van der Waals surface area contributed by atoms with Gasteiger partial charge in [0.05, 0.1) is 19.8 Å². The minimum atomic E-state index is -0.911. The van der Waals surface area contributed by atoms with E-state index < -0.39 is 23.8 Å². The molecule has 188 valence electrons. The first kappa shape index (κ1) is 25.0. The fourth-order valence-electron chi connectivity index (χ4n) is 5.68. The number of carbonyl (C=O) groups is 3. The van der Waals surface area contributed by atoms with Gasteiger partial charge < -0.3 is 19.5 Å². The van der Waals surface area contributed by atoms with Crippen LogP contribution in [-0.4, -0.2) is 38.0 Å². The van der Waals surface area contributed by atoms with Crippen LogP contribution in [0.15, 0.2) is 46.8 Å². The Kier molecular flexibility index (Phi) is 7.63. The van der Waals surface area contributed by atoms with Crippen molar-refractivity contribution in [1.82, 2.24) is 5.32 Å². The van der Waals surface area contributed by atoms with E-state index in [1.807, 2.05) is 38.1 Å². The van der Waals surface area contributed by atoms with E-state index in [9.17, 15) is 14.4 Å². The van der Waals surface area contributed by atoms with Gasteiger partial charge in [0.2, 0.25) is 0 Å². The lowest BCUT2D eigenvalue weighted by Gasteiger charge is -2.38. The third-order valence-electron chi connectivity index (χ3n) is 7.47. The van der Waals surface area contributed by atoms with Crippen molar-refractivity contribution in [2.45, 2.75) is 70.8 Å². The molecule has 7 nitrogen and oxygen atoms in total. The Hall–Kier alpha value is -3.09. The minimum absolute atomic E-state index is 0.128. The highest BCUT2D eigenvalue weighted by Crippen LogP contribution is 2.46. The average Bonchev–Trinajstić information content (AvgIpc) is 3.11. The van der Waals surface area contributed by atoms with Gasteiger partial charge in [-0.05, 0) is 62.6 Å². The van der Waals surface area contributed by atoms with Crippen molar-refractivity contribution in [3.05, 3.63) is 52.4 Å². The fraction of sp³-hybridized carbons (Fsp3) is 0.536. The number of esters is 2. The van der Waals surface area contributed by atoms with Crippen LogP contribution in [-0.2, 0) is 23.9 Å². The zero-order valence-electron chi connectivity index (χ0n) is 21.0. The largest absolute Gasteiger partial charge is 0.497 e. The van der Waals surface area contributed by atoms with E-state index in [2.05, 4.69) is 5.32 Å². The summed E-state index contributed by atoms with van der Waals surface area (Å²) in [4.78, 5) is 40.1. The Morgan fingerprint density at radius 3 is 2.43 bits per heavy atom. The quantitative estimate of drug-likeness (QED) is 0.374. The van der Waals surface area contributed by atoms with Gasteiger partial charge in [-0.3, -0.25) is 9.59 Å². The van der Waals surface area contributed by atoms with Crippen LogP contribution in [0.25, 0.3) is 0 Å². The fourth-order valence-corrected chi connectivity index (χ4v) is 5.68. The number of ether oxygens (including phenoxy) is 3. The molecule has 1 N–H and O–H groups in total. The molecular formula is C28H35NO6. The summed E-state index contributed by atoms with van der Waals surface area (Å²) < 4.78 is 16.4. The average molecular weight is 482 g/mol. The summed E-state index contributed by atoms with van der Waals surface area (Å²) in [5.74, 6) is -2.44. The number of carbonyl (C=O) groups excluding carboxylic acids is 3. The molecule has 0 bridgehead atoms. The van der Waals surface area contributed by atoms with E-state index in [4.69, 9.17) is 14.2 Å². The Bertz CT molecular complexity index is 1060. The standard InChI is InChI=1S/C28H35NO6/c1-16-14-21-25(26(30)22(16)27(31)34-4)24(18-10-9-13-20(15-18)33-3)23(17(2)29-21)28(32)35-19-11-7-5-6-8-12-19/h9-10,13,15-16,19,22,24,29H,5-8,11-12,14H2,1-4H3/t16-,22+,24-/m1/s1. The van der Waals surface area contributed by atoms with E-state index in [0.717, 1.165) is 49.8 Å². The van der Waals surface area contributed by atoms with Gasteiger partial charge in [0, 0.05) is 22.9 Å². The molecule has 3 aliphatic rings. The van der Waals surface area contributed by atoms with Gasteiger partial charge in [-0.1, -0.05) is 31.9 Å². The predicted octanol–water partition coefficient (Wildman–Crippen LogP) is 4.57. The highest BCUT2D eigenvalue weighted by atomic mass is 16.5. The lowest BCUT2D eigenvalue weighted by Crippen LogP contribution is -2.43. The molecule has 1 saturated carbocycles. The number of Topliss-reactive ketones (excluding diaryl/α,β-unsaturated/α-hetero) is 1. The molecular weight excluding hydrogens is 446 g/mol. The maximum absolute atomic E-state index is 13.8. The highest BCUT2D eigenvalue weighted by molar-refractivity contribution is 6.12. The van der Waals surface area contributed by atoms with Gasteiger partial charge >= 0.3 is 11.9 Å². The summed E-state index contributed by atoms with van der Waals surface area (Å²) in [6.07, 6.45) is 6.47. The van der Waals surface area contributed by atoms with Crippen LogP contribution < -0.4 is 10.1 Å². The molecule has 2 aliphatic carbocycles. The second-order valence-corrected chi connectivity index (χ2v) is 9.83. The smallest absolute Gasteiger partial charge is 0.337 e. The summed E-state index contributed by atoms with van der Waals surface area (Å²) >= 11 is 0. The maximum atomic E-state index is 13.8. The minimum Gasteiger partial charge on any atom is -0.497 e. The molecule has 4 rings (SSSR count). The van der Waals surface area contributed by atoms with Crippen LogP contribution in [0.1, 0.15) is 70.3 Å². The van der Waals surface area contributed by atoms with Crippen LogP contribution in [0.5, 0.6) is 5.75 Å². The molecule has 0 radical (unpaired) electrons. The monoisotopic (exact) mass is 481 g/mol. The number of hydrogen-bond acceptors (Lipinski definition) is 7. The van der Waals surface area contributed by atoms with Gasteiger partial charge in [-0.15, -0.1) is 0 Å². The number of allylic oxidation sites excluding steroid dienone is 3. The van der Waals surface area contributed by atoms with E-state index in [0.29, 0.717) is 29.0 Å². The molecule has 0 spiro atoms. The van der Waals surface area contributed by atoms with Gasteiger partial charge in [-0.25, -0.2) is 4.79 Å². The maximum Gasteiger partial charge on any atom is 0.337 e. The number of benzene rings is 1. The predicted molar refractivity (Wildman–Crippen MR) is 130 cm³/mol. The van der Waals surface area contributed by atoms with Gasteiger partial charge in [0.25, 0.3) is 0 Å². The summed E-state index contributed by atoms with van der Waals surface area (Å²) in [7, 11) is 2.87. The van der Waals surface area contributed by atoms with Crippen molar-refractivity contribution in [3.8, 4) is 5.75 Å². The van der Waals surface area contributed by atoms with E-state index >= 15 is 0 Å². The van der Waals surface area contributed by atoms with Crippen LogP contribution in [0.4, 0.5) is 0 Å². The van der Waals surface area contributed by atoms with E-state index in [1.54, 1.807) is 7.11 Å². The first-order chi connectivity index (χ1) is 16.8. The highest BCUT2D eigenvalue weighted by Gasteiger charge is 2.47. The molecule has 1 fully saturated rings. The first-order valence-electron chi connectivity index (χ1n) is 12.5. The van der Waals surface area contributed by atoms with Crippen LogP contribution in [0.3, 0.4) is 0 Å². The van der Waals surface area contributed by atoms with Crippen molar-refractivity contribution in [1.29, 1.82) is 0 Å². The number of dihydropyridines is 1. The number of methoxy groups -OCH3 is 2. The van der Waals surface area contributed by atoms with Gasteiger partial charge in [0.1, 0.15) is 17.8 Å². The molecule has 7 heteroatoms. The molecule has 35 heavy (non-hydrogen) atoms. The Morgan fingerprint density at radius 1 is 1.06 bits per heavy atom. The lowest BCUT2D eigenvalue weighted by molar-refractivity contribution is -0.151. The lowest BCUT2D eigenvalue weighted by atomic mass is 9.69. The summed E-state index contributed by atoms with van der Waals surface area (Å²) in [5, 5.41) is 3.32. The molecule has 0 unspecified atom stereocenters. The second kappa shape index (κ2) is 10.7. The first-order valence-corrected chi connectivity index (χ1v) is 12.5. The molecule has 0 saturated heterocycles. The third kappa shape index (κ3) is 5.00. The van der Waals surface area contributed by atoms with Crippen LogP contribution in [0, 0.1) is 11.8 Å². The van der Waals surface area contributed by atoms with Crippen LogP contribution in [0.2, 0.25) is 0 Å². The normalized spacial score (nSPS) is 25.4. The third-order valence-corrected chi connectivity index (χ3v) is 7.47. The number of nitrogens with one attached hydrogen (secondary N) is 1. The van der Waals surface area contributed by atoms with Gasteiger partial charge in [0.15, 0.2) is 5.78 Å². The Morgan fingerprint density at radius 2 is 1.77 bits per heavy atom. The Balaban J connectivity index is 1.78. The van der Waals surface area contributed by atoms with Crippen LogP contribution >= 0.6 is 0 Å².